The van der Waals surface area contributed by atoms with Gasteiger partial charge in [-0.1, -0.05) is 12.2 Å². The van der Waals surface area contributed by atoms with Crippen molar-refractivity contribution in [1.29, 1.82) is 0 Å². The standard InChI is InChI=1S/C22H24N10O10P2S2/c23-15-9-17(27-5-25-15)31(7-29-9)19-11-13-21(39-19,1-35-11)3-37-43(33,45)42-14-12-20(32-8-30-10-16(24)26-6-28-18(10)32)40-22(14,2-36-12)4-38-44(34,46)41-13/h5-8,11-14,19-20H,1-4H2,(H,33,45)(H,34,46)(H2,23,25,27)(H2,24,26,28)/t11-,12-,13+,14+,19-,20-,21-,22-,43?,44?/m1/s1. The molecule has 0 aromatic carbocycles. The van der Waals surface area contributed by atoms with Gasteiger partial charge < -0.3 is 39.8 Å². The number of imidazole rings is 2. The number of hydrogen-bond donors (Lipinski definition) is 4. The summed E-state index contributed by atoms with van der Waals surface area (Å²) in [5, 5.41) is 0. The summed E-state index contributed by atoms with van der Waals surface area (Å²) in [4.78, 5) is 36.5. The van der Waals surface area contributed by atoms with Crippen LogP contribution in [-0.2, 0) is 53.4 Å². The fourth-order valence-electron chi connectivity index (χ4n) is 6.59. The second-order valence-corrected chi connectivity index (χ2v) is 17.1. The highest BCUT2D eigenvalue weighted by molar-refractivity contribution is 8.44. The number of aromatic nitrogens is 8. The molecule has 0 aliphatic carbocycles. The van der Waals surface area contributed by atoms with Crippen LogP contribution in [0.4, 0.5) is 11.6 Å². The van der Waals surface area contributed by atoms with E-state index in [1.807, 2.05) is 0 Å². The summed E-state index contributed by atoms with van der Waals surface area (Å²) in [6.45, 7) is -9.09. The molecule has 2 unspecified atom stereocenters. The zero-order valence-electron chi connectivity index (χ0n) is 23.2. The number of thiol groups is 1. The monoisotopic (exact) mass is 714 g/mol. The van der Waals surface area contributed by atoms with Crippen molar-refractivity contribution >= 4 is 71.5 Å². The van der Waals surface area contributed by atoms with E-state index in [0.29, 0.717) is 22.3 Å². The molecule has 46 heavy (non-hydrogen) atoms. The van der Waals surface area contributed by atoms with Crippen molar-refractivity contribution < 1.29 is 46.5 Å². The summed E-state index contributed by atoms with van der Waals surface area (Å²) in [5.41, 5.74) is 10.6. The lowest BCUT2D eigenvalue weighted by atomic mass is 10.0. The average molecular weight is 715 g/mol. The summed E-state index contributed by atoms with van der Waals surface area (Å²) >= 11 is 9.77. The molecule has 9 rings (SSSR count). The van der Waals surface area contributed by atoms with Gasteiger partial charge in [-0.25, -0.2) is 34.5 Å². The summed E-state index contributed by atoms with van der Waals surface area (Å²) in [6, 6.07) is 0. The molecule has 5 N–H and O–H groups in total. The largest absolute Gasteiger partial charge is 0.386 e. The Morgan fingerprint density at radius 3 is 1.85 bits per heavy atom. The van der Waals surface area contributed by atoms with Crippen LogP contribution in [0, 0.1) is 0 Å². The number of hydrogen-bond acceptors (Lipinski definition) is 18. The molecule has 20 nitrogen and oxygen atoms in total. The summed E-state index contributed by atoms with van der Waals surface area (Å²) in [7, 11) is 0. The molecule has 5 aliphatic rings. The van der Waals surface area contributed by atoms with Gasteiger partial charge in [-0.3, -0.25) is 22.7 Å². The number of anilines is 2. The molecule has 5 saturated heterocycles. The topological polar surface area (TPSA) is 250 Å². The lowest BCUT2D eigenvalue weighted by Gasteiger charge is -2.36. The van der Waals surface area contributed by atoms with E-state index < -0.39 is 61.6 Å². The van der Waals surface area contributed by atoms with Gasteiger partial charge in [0.2, 0.25) is 0 Å². The minimum atomic E-state index is -4.17. The SMILES string of the molecule is Nc1ncnc2c1ncn2[C@@H]1O[C@@]23CO[C@@H]1[C@@H]2OP(=O)(S)OC[C@@]12CO[C@@H]([C@H](n4cnc5c(N)ncnc54)O1)[C@@H]2OP(O)(=S)OC3. The van der Waals surface area contributed by atoms with Crippen molar-refractivity contribution in [3.05, 3.63) is 25.3 Å². The molecule has 0 saturated carbocycles. The van der Waals surface area contributed by atoms with Crippen LogP contribution in [0.1, 0.15) is 12.5 Å². The Morgan fingerprint density at radius 2 is 1.30 bits per heavy atom. The van der Waals surface area contributed by atoms with Crippen molar-refractivity contribution in [2.45, 2.75) is 48.1 Å². The lowest BCUT2D eigenvalue weighted by molar-refractivity contribution is -0.187. The van der Waals surface area contributed by atoms with Crippen LogP contribution in [0.5, 0.6) is 0 Å². The van der Waals surface area contributed by atoms with Crippen LogP contribution in [0.15, 0.2) is 25.3 Å². The molecule has 4 aromatic rings. The highest BCUT2D eigenvalue weighted by Crippen LogP contribution is 2.63. The van der Waals surface area contributed by atoms with E-state index in [4.69, 9.17) is 60.3 Å². The Balaban J connectivity index is 1.05. The van der Waals surface area contributed by atoms with Gasteiger partial charge in [-0.15, -0.1) is 0 Å². The molecule has 244 valence electrons. The van der Waals surface area contributed by atoms with Gasteiger partial charge >= 0.3 is 13.5 Å². The van der Waals surface area contributed by atoms with Crippen molar-refractivity contribution in [1.82, 2.24) is 39.0 Å². The number of nitrogens with two attached hydrogens (primary N) is 2. The first-order valence-electron chi connectivity index (χ1n) is 13.7. The van der Waals surface area contributed by atoms with Crippen LogP contribution in [0.3, 0.4) is 0 Å². The Bertz CT molecular complexity index is 1860. The maximum Gasteiger partial charge on any atom is 0.386 e. The Hall–Kier alpha value is -2.43. The first kappa shape index (κ1) is 29.7. The van der Waals surface area contributed by atoms with E-state index >= 15 is 0 Å². The van der Waals surface area contributed by atoms with Gasteiger partial charge in [0.1, 0.15) is 59.3 Å². The van der Waals surface area contributed by atoms with Crippen LogP contribution in [0.2, 0.25) is 0 Å². The highest BCUT2D eigenvalue weighted by Gasteiger charge is 2.68. The predicted octanol–water partition coefficient (Wildman–Crippen LogP) is 0.235. The molecule has 9 heterocycles. The van der Waals surface area contributed by atoms with Gasteiger partial charge in [0, 0.05) is 0 Å². The Kier molecular flexibility index (Phi) is 6.48. The van der Waals surface area contributed by atoms with Crippen LogP contribution >= 0.6 is 25.8 Å². The summed E-state index contributed by atoms with van der Waals surface area (Å²) in [6.07, 6.45) is -0.0517. The van der Waals surface area contributed by atoms with E-state index in [2.05, 4.69) is 42.2 Å². The van der Waals surface area contributed by atoms with E-state index in [1.165, 1.54) is 25.3 Å². The van der Waals surface area contributed by atoms with Crippen LogP contribution < -0.4 is 11.5 Å². The van der Waals surface area contributed by atoms with E-state index in [0.717, 1.165) is 0 Å². The zero-order chi connectivity index (χ0) is 31.6. The normalized spacial score (nSPS) is 42.2. The summed E-state index contributed by atoms with van der Waals surface area (Å²) < 4.78 is 66.0. The molecule has 24 heteroatoms. The van der Waals surface area contributed by atoms with Gasteiger partial charge in [-0.05, 0) is 11.8 Å². The minimum absolute atomic E-state index is 0.0608. The van der Waals surface area contributed by atoms with Crippen LogP contribution in [0.25, 0.3) is 22.3 Å². The zero-order valence-corrected chi connectivity index (χ0v) is 26.7. The van der Waals surface area contributed by atoms with E-state index in [1.54, 1.807) is 9.13 Å². The number of fused-ring (bicyclic) bond motifs is 2. The Morgan fingerprint density at radius 1 is 0.804 bits per heavy atom. The maximum atomic E-state index is 13.9. The first-order chi connectivity index (χ1) is 22.0. The smallest absolute Gasteiger partial charge is 0.382 e. The van der Waals surface area contributed by atoms with Gasteiger partial charge in [0.15, 0.2) is 35.4 Å². The van der Waals surface area contributed by atoms with Crippen molar-refractivity contribution in [3.8, 4) is 0 Å². The molecule has 10 atom stereocenters. The molecule has 4 aromatic heterocycles. The predicted molar refractivity (Wildman–Crippen MR) is 159 cm³/mol. The highest BCUT2D eigenvalue weighted by atomic mass is 32.7. The molecular formula is C22H24N10O10P2S2. The third-order valence-corrected chi connectivity index (χ3v) is 11.8. The fourth-order valence-corrected chi connectivity index (χ4v) is 9.59. The average Bonchev–Trinajstić information content (AvgIpc) is 3.86. The fraction of sp³-hybridized carbons (Fsp3) is 0.545. The maximum absolute atomic E-state index is 13.9. The second-order valence-electron chi connectivity index (χ2n) is 11.4. The van der Waals surface area contributed by atoms with Gasteiger partial charge in [0.05, 0.1) is 39.1 Å². The minimum Gasteiger partial charge on any atom is -0.382 e. The van der Waals surface area contributed by atoms with Gasteiger partial charge in [-0.2, -0.15) is 0 Å². The van der Waals surface area contributed by atoms with Crippen molar-refractivity contribution in [3.63, 3.8) is 0 Å². The molecule has 0 spiro atoms. The number of nitrogen functional groups attached to an aromatic ring is 2. The number of ether oxygens (including phenoxy) is 4. The van der Waals surface area contributed by atoms with Crippen LogP contribution in [-0.4, -0.2) is 106 Å². The number of nitrogens with zero attached hydrogens (tertiary/aromatic N) is 8. The first-order valence-corrected chi connectivity index (χ1v) is 19.0. The molecule has 5 fully saturated rings. The number of rotatable bonds is 2. The quantitative estimate of drug-likeness (QED) is 0.160. The van der Waals surface area contributed by atoms with E-state index in [9.17, 15) is 9.46 Å². The van der Waals surface area contributed by atoms with Crippen molar-refractivity contribution in [2.75, 3.05) is 37.9 Å². The second kappa shape index (κ2) is 10.0. The third kappa shape index (κ3) is 4.34. The molecule has 4 bridgehead atoms. The third-order valence-electron chi connectivity index (χ3n) is 8.71. The molecular weight excluding hydrogens is 690 g/mol. The molecule has 5 aliphatic heterocycles. The Labute approximate surface area is 267 Å². The molecule has 0 amide bonds. The van der Waals surface area contributed by atoms with Gasteiger partial charge in [0.25, 0.3) is 0 Å². The lowest BCUT2D eigenvalue weighted by Crippen LogP contribution is -2.48. The summed E-state index contributed by atoms with van der Waals surface area (Å²) in [5.74, 6) is 0.352. The van der Waals surface area contributed by atoms with E-state index in [-0.39, 0.29) is 38.1 Å². The van der Waals surface area contributed by atoms with Crippen molar-refractivity contribution in [2.24, 2.45) is 0 Å². The molecule has 0 radical (unpaired) electrons.